The fraction of sp³-hybridized carbons (Fsp3) is 0.714. The summed E-state index contributed by atoms with van der Waals surface area (Å²) in [5, 5.41) is 17.1. The van der Waals surface area contributed by atoms with E-state index in [9.17, 15) is 9.59 Å². The molecule has 2 rings (SSSR count). The summed E-state index contributed by atoms with van der Waals surface area (Å²) in [5.41, 5.74) is 0. The van der Waals surface area contributed by atoms with Crippen LogP contribution in [0.4, 0.5) is 9.93 Å². The number of imide groups is 1. The molecule has 3 amide bonds. The third kappa shape index (κ3) is 6.74. The average molecular weight is 358 g/mol. The number of hydrogen-bond acceptors (Lipinski definition) is 7. The van der Waals surface area contributed by atoms with Crippen molar-refractivity contribution in [2.24, 2.45) is 0 Å². The lowest BCUT2D eigenvalue weighted by Gasteiger charge is -2.22. The van der Waals surface area contributed by atoms with Crippen LogP contribution in [0.2, 0.25) is 0 Å². The maximum Gasteiger partial charge on any atom is 0.321 e. The van der Waals surface area contributed by atoms with Gasteiger partial charge in [0.1, 0.15) is 0 Å². The average Bonchev–Trinajstić information content (AvgIpc) is 2.92. The van der Waals surface area contributed by atoms with E-state index in [0.29, 0.717) is 4.34 Å². The van der Waals surface area contributed by atoms with Crippen LogP contribution in [0.1, 0.15) is 46.0 Å². The monoisotopic (exact) mass is 357 g/mol. The lowest BCUT2D eigenvalue weighted by atomic mass is 9.96. The van der Waals surface area contributed by atoms with Crippen molar-refractivity contribution in [2.75, 3.05) is 11.1 Å². The first-order valence-electron chi connectivity index (χ1n) is 7.86. The Kier molecular flexibility index (Phi) is 7.10. The van der Waals surface area contributed by atoms with Gasteiger partial charge in [0.05, 0.1) is 5.75 Å². The van der Waals surface area contributed by atoms with Crippen LogP contribution in [0, 0.1) is 0 Å². The predicted octanol–water partition coefficient (Wildman–Crippen LogP) is 2.61. The summed E-state index contributed by atoms with van der Waals surface area (Å²) in [5.74, 6) is -0.175. The summed E-state index contributed by atoms with van der Waals surface area (Å²) in [7, 11) is 0. The molecule has 7 nitrogen and oxygen atoms in total. The molecule has 1 aromatic rings. The van der Waals surface area contributed by atoms with Gasteiger partial charge in [-0.05, 0) is 26.7 Å². The molecule has 1 heterocycles. The van der Waals surface area contributed by atoms with Crippen molar-refractivity contribution < 1.29 is 9.59 Å². The zero-order valence-electron chi connectivity index (χ0n) is 13.4. The molecule has 0 radical (unpaired) electrons. The number of carbonyl (C=O) groups is 2. The number of rotatable bonds is 6. The predicted molar refractivity (Wildman–Crippen MR) is 92.9 cm³/mol. The van der Waals surface area contributed by atoms with Crippen molar-refractivity contribution in [1.29, 1.82) is 0 Å². The summed E-state index contributed by atoms with van der Waals surface area (Å²) in [6.45, 7) is 4.04. The van der Waals surface area contributed by atoms with E-state index in [0.717, 1.165) is 30.8 Å². The number of anilines is 1. The highest BCUT2D eigenvalue weighted by atomic mass is 32.2. The normalized spacial score (nSPS) is 15.4. The Labute approximate surface area is 144 Å². The third-order valence-electron chi connectivity index (χ3n) is 3.34. The van der Waals surface area contributed by atoms with Crippen molar-refractivity contribution in [3.05, 3.63) is 0 Å². The maximum absolute atomic E-state index is 11.8. The minimum atomic E-state index is -0.401. The maximum atomic E-state index is 11.8. The second-order valence-electron chi connectivity index (χ2n) is 5.82. The molecule has 0 bridgehead atoms. The summed E-state index contributed by atoms with van der Waals surface area (Å²) >= 11 is 2.68. The fourth-order valence-corrected chi connectivity index (χ4v) is 4.03. The Morgan fingerprint density at radius 3 is 2.70 bits per heavy atom. The van der Waals surface area contributed by atoms with Crippen molar-refractivity contribution in [1.82, 2.24) is 20.8 Å². The van der Waals surface area contributed by atoms with E-state index in [1.807, 2.05) is 13.8 Å². The van der Waals surface area contributed by atoms with Gasteiger partial charge in [0.15, 0.2) is 4.34 Å². The van der Waals surface area contributed by atoms with Crippen LogP contribution in [-0.4, -0.2) is 40.0 Å². The quantitative estimate of drug-likeness (QED) is 0.677. The molecule has 0 atom stereocenters. The highest BCUT2D eigenvalue weighted by molar-refractivity contribution is 8.01. The molecule has 0 spiro atoms. The summed E-state index contributed by atoms with van der Waals surface area (Å²) in [6.07, 6.45) is 5.49. The van der Waals surface area contributed by atoms with Crippen LogP contribution < -0.4 is 16.0 Å². The number of thioether (sulfide) groups is 1. The second kappa shape index (κ2) is 9.07. The molecular weight excluding hydrogens is 334 g/mol. The number of nitrogens with zero attached hydrogens (tertiary/aromatic N) is 2. The van der Waals surface area contributed by atoms with Crippen LogP contribution in [0.3, 0.4) is 0 Å². The molecule has 9 heteroatoms. The molecule has 0 unspecified atom stereocenters. The van der Waals surface area contributed by atoms with Crippen LogP contribution in [-0.2, 0) is 4.79 Å². The Balaban J connectivity index is 1.67. The summed E-state index contributed by atoms with van der Waals surface area (Å²) in [6, 6.07) is 0.0755. The fourth-order valence-electron chi connectivity index (χ4n) is 2.33. The van der Waals surface area contributed by atoms with Crippen LogP contribution in [0.5, 0.6) is 0 Å². The van der Waals surface area contributed by atoms with E-state index in [-0.39, 0.29) is 23.7 Å². The van der Waals surface area contributed by atoms with Crippen molar-refractivity contribution in [3.8, 4) is 0 Å². The van der Waals surface area contributed by atoms with Gasteiger partial charge in [-0.3, -0.25) is 10.1 Å². The lowest BCUT2D eigenvalue weighted by molar-refractivity contribution is -0.117. The highest BCUT2D eigenvalue weighted by Gasteiger charge is 2.17. The van der Waals surface area contributed by atoms with Crippen molar-refractivity contribution in [3.63, 3.8) is 0 Å². The third-order valence-corrected chi connectivity index (χ3v) is 5.33. The van der Waals surface area contributed by atoms with Gasteiger partial charge in [0, 0.05) is 12.1 Å². The van der Waals surface area contributed by atoms with Gasteiger partial charge < -0.3 is 10.6 Å². The molecule has 1 fully saturated rings. The molecule has 1 aromatic heterocycles. The van der Waals surface area contributed by atoms with Crippen molar-refractivity contribution in [2.45, 2.75) is 62.4 Å². The number of nitrogens with one attached hydrogen (secondary N) is 3. The minimum Gasteiger partial charge on any atom is -0.358 e. The molecule has 0 aromatic carbocycles. The van der Waals surface area contributed by atoms with E-state index in [4.69, 9.17) is 0 Å². The zero-order chi connectivity index (χ0) is 16.7. The Bertz CT molecular complexity index is 529. The van der Waals surface area contributed by atoms with Crippen LogP contribution in [0.15, 0.2) is 4.34 Å². The van der Waals surface area contributed by atoms with Gasteiger partial charge in [-0.1, -0.05) is 42.4 Å². The van der Waals surface area contributed by atoms with Gasteiger partial charge in [-0.15, -0.1) is 10.2 Å². The largest absolute Gasteiger partial charge is 0.358 e. The van der Waals surface area contributed by atoms with Gasteiger partial charge in [0.2, 0.25) is 11.0 Å². The van der Waals surface area contributed by atoms with E-state index < -0.39 is 6.03 Å². The standard InChI is InChI=1S/C14H23N5O2S2/c1-9(2)15-13-18-19-14(23-13)22-8-11(20)17-12(21)16-10-6-4-3-5-7-10/h9-10H,3-8H2,1-2H3,(H,15,18)(H2,16,17,20,21). The second-order valence-corrected chi connectivity index (χ2v) is 8.02. The molecule has 1 aliphatic carbocycles. The first-order chi connectivity index (χ1) is 11.0. The highest BCUT2D eigenvalue weighted by Crippen LogP contribution is 2.25. The molecule has 1 saturated carbocycles. The number of amides is 3. The van der Waals surface area contributed by atoms with E-state index in [2.05, 4.69) is 26.1 Å². The molecular formula is C14H23N5O2S2. The first kappa shape index (κ1) is 18.0. The van der Waals surface area contributed by atoms with Gasteiger partial charge in [0.25, 0.3) is 0 Å². The molecule has 128 valence electrons. The minimum absolute atomic E-state index is 0.147. The Morgan fingerprint density at radius 2 is 2.00 bits per heavy atom. The lowest BCUT2D eigenvalue weighted by Crippen LogP contribution is -2.45. The molecule has 3 N–H and O–H groups in total. The number of aromatic nitrogens is 2. The number of urea groups is 1. The SMILES string of the molecule is CC(C)Nc1nnc(SCC(=O)NC(=O)NC2CCCCC2)s1. The summed E-state index contributed by atoms with van der Waals surface area (Å²) in [4.78, 5) is 23.6. The van der Waals surface area contributed by atoms with Crippen LogP contribution in [0.25, 0.3) is 0 Å². The van der Waals surface area contributed by atoms with Gasteiger partial charge in [-0.25, -0.2) is 4.79 Å². The number of carbonyl (C=O) groups excluding carboxylic acids is 2. The smallest absolute Gasteiger partial charge is 0.321 e. The van der Waals surface area contributed by atoms with E-state index >= 15 is 0 Å². The molecule has 0 saturated heterocycles. The van der Waals surface area contributed by atoms with Crippen LogP contribution >= 0.6 is 23.1 Å². The van der Waals surface area contributed by atoms with E-state index in [1.54, 1.807) is 0 Å². The Morgan fingerprint density at radius 1 is 1.26 bits per heavy atom. The number of hydrogen-bond donors (Lipinski definition) is 3. The first-order valence-corrected chi connectivity index (χ1v) is 9.66. The molecule has 0 aliphatic heterocycles. The Hall–Kier alpha value is -1.35. The van der Waals surface area contributed by atoms with Gasteiger partial charge in [-0.2, -0.15) is 0 Å². The van der Waals surface area contributed by atoms with E-state index in [1.165, 1.54) is 29.5 Å². The van der Waals surface area contributed by atoms with Crippen molar-refractivity contribution >= 4 is 40.2 Å². The molecule has 1 aliphatic rings. The topological polar surface area (TPSA) is 96.0 Å². The summed E-state index contributed by atoms with van der Waals surface area (Å²) < 4.78 is 0.705. The zero-order valence-corrected chi connectivity index (χ0v) is 15.1. The molecule has 23 heavy (non-hydrogen) atoms. The van der Waals surface area contributed by atoms with Gasteiger partial charge >= 0.3 is 6.03 Å².